The van der Waals surface area contributed by atoms with Crippen molar-refractivity contribution < 1.29 is 13.2 Å². The van der Waals surface area contributed by atoms with Crippen LogP contribution in [0.1, 0.15) is 0 Å². The maximum Gasteiger partial charge on any atom is 0.236 e. The van der Waals surface area contributed by atoms with Crippen LogP contribution in [-0.4, -0.2) is 26.6 Å². The first kappa shape index (κ1) is 13.0. The SMILES string of the molecule is N#CCNC(=O)CS(=O)(=O)c1ccc(N)cc1. The van der Waals surface area contributed by atoms with Gasteiger partial charge in [0.1, 0.15) is 12.3 Å². The van der Waals surface area contributed by atoms with E-state index in [1.807, 2.05) is 0 Å². The number of nitrogens with one attached hydrogen (secondary N) is 1. The van der Waals surface area contributed by atoms with Gasteiger partial charge in [-0.1, -0.05) is 0 Å². The van der Waals surface area contributed by atoms with Crippen LogP contribution in [0.15, 0.2) is 29.2 Å². The zero-order valence-electron chi connectivity index (χ0n) is 8.88. The fourth-order valence-corrected chi connectivity index (χ4v) is 2.28. The minimum atomic E-state index is -3.68. The Morgan fingerprint density at radius 3 is 2.47 bits per heavy atom. The van der Waals surface area contributed by atoms with Crippen molar-refractivity contribution in [3.05, 3.63) is 24.3 Å². The lowest BCUT2D eigenvalue weighted by Gasteiger charge is -2.04. The predicted molar refractivity (Wildman–Crippen MR) is 61.5 cm³/mol. The number of rotatable bonds is 4. The average molecular weight is 253 g/mol. The number of hydrogen-bond donors (Lipinski definition) is 2. The van der Waals surface area contributed by atoms with Crippen LogP contribution in [0.25, 0.3) is 0 Å². The number of anilines is 1. The van der Waals surface area contributed by atoms with E-state index < -0.39 is 21.5 Å². The summed E-state index contributed by atoms with van der Waals surface area (Å²) in [6, 6.07) is 7.25. The third kappa shape index (κ3) is 3.77. The second-order valence-electron chi connectivity index (χ2n) is 3.26. The highest BCUT2D eigenvalue weighted by Crippen LogP contribution is 2.13. The molecule has 0 aliphatic rings. The van der Waals surface area contributed by atoms with E-state index in [2.05, 4.69) is 5.32 Å². The van der Waals surface area contributed by atoms with Crippen LogP contribution < -0.4 is 11.1 Å². The third-order valence-corrected chi connectivity index (χ3v) is 3.56. The van der Waals surface area contributed by atoms with Gasteiger partial charge in [0.25, 0.3) is 0 Å². The zero-order valence-corrected chi connectivity index (χ0v) is 9.70. The van der Waals surface area contributed by atoms with Gasteiger partial charge in [-0.2, -0.15) is 5.26 Å². The van der Waals surface area contributed by atoms with E-state index >= 15 is 0 Å². The minimum Gasteiger partial charge on any atom is -0.399 e. The molecule has 7 heteroatoms. The smallest absolute Gasteiger partial charge is 0.236 e. The molecular weight excluding hydrogens is 242 g/mol. The lowest BCUT2D eigenvalue weighted by atomic mass is 10.3. The van der Waals surface area contributed by atoms with Crippen LogP contribution >= 0.6 is 0 Å². The number of amides is 1. The number of benzene rings is 1. The van der Waals surface area contributed by atoms with E-state index in [9.17, 15) is 13.2 Å². The van der Waals surface area contributed by atoms with Crippen LogP contribution in [0, 0.1) is 11.3 Å². The fourth-order valence-electron chi connectivity index (χ4n) is 1.12. The van der Waals surface area contributed by atoms with Gasteiger partial charge in [-0.15, -0.1) is 0 Å². The minimum absolute atomic E-state index is 0.0267. The first-order valence-electron chi connectivity index (χ1n) is 4.67. The molecule has 1 rings (SSSR count). The molecule has 0 saturated heterocycles. The molecule has 17 heavy (non-hydrogen) atoms. The molecule has 6 nitrogen and oxygen atoms in total. The number of nitrogens with zero attached hydrogens (tertiary/aromatic N) is 1. The van der Waals surface area contributed by atoms with Gasteiger partial charge in [0.2, 0.25) is 5.91 Å². The molecule has 0 saturated carbocycles. The van der Waals surface area contributed by atoms with Crippen molar-refractivity contribution in [3.63, 3.8) is 0 Å². The molecule has 0 aromatic heterocycles. The lowest BCUT2D eigenvalue weighted by Crippen LogP contribution is -2.30. The summed E-state index contributed by atoms with van der Waals surface area (Å²) < 4.78 is 23.5. The summed E-state index contributed by atoms with van der Waals surface area (Å²) in [5.74, 6) is -1.39. The van der Waals surface area contributed by atoms with E-state index in [0.717, 1.165) is 0 Å². The van der Waals surface area contributed by atoms with Gasteiger partial charge in [0.05, 0.1) is 11.0 Å². The number of carbonyl (C=O) groups is 1. The molecule has 3 N–H and O–H groups in total. The molecule has 0 aliphatic carbocycles. The zero-order chi connectivity index (χ0) is 12.9. The van der Waals surface area contributed by atoms with Crippen molar-refractivity contribution in [1.82, 2.24) is 5.32 Å². The molecule has 1 aromatic carbocycles. The predicted octanol–water partition coefficient (Wildman–Crippen LogP) is -0.318. The van der Waals surface area contributed by atoms with Gasteiger partial charge in [-0.05, 0) is 24.3 Å². The third-order valence-electron chi connectivity index (χ3n) is 1.92. The topological polar surface area (TPSA) is 113 Å². The Balaban J connectivity index is 2.79. The van der Waals surface area contributed by atoms with Crippen molar-refractivity contribution in [1.29, 1.82) is 5.26 Å². The second-order valence-corrected chi connectivity index (χ2v) is 5.25. The molecule has 0 heterocycles. The Morgan fingerprint density at radius 1 is 1.35 bits per heavy atom. The summed E-state index contributed by atoms with van der Waals surface area (Å²) in [5.41, 5.74) is 5.87. The average Bonchev–Trinajstić information content (AvgIpc) is 2.26. The van der Waals surface area contributed by atoms with E-state index in [1.54, 1.807) is 6.07 Å². The summed E-state index contributed by atoms with van der Waals surface area (Å²) in [5, 5.41) is 10.4. The van der Waals surface area contributed by atoms with Gasteiger partial charge < -0.3 is 11.1 Å². The van der Waals surface area contributed by atoms with E-state index in [0.29, 0.717) is 5.69 Å². The van der Waals surface area contributed by atoms with Gasteiger partial charge in [-0.3, -0.25) is 4.79 Å². The number of nitrogens with two attached hydrogens (primary N) is 1. The number of carbonyl (C=O) groups excluding carboxylic acids is 1. The first-order chi connectivity index (χ1) is 7.95. The molecule has 1 amide bonds. The van der Waals surface area contributed by atoms with Gasteiger partial charge >= 0.3 is 0 Å². The van der Waals surface area contributed by atoms with Crippen molar-refractivity contribution >= 4 is 21.4 Å². The number of nitriles is 1. The summed E-state index contributed by atoms with van der Waals surface area (Å²) in [6.07, 6.45) is 0. The summed E-state index contributed by atoms with van der Waals surface area (Å²) in [4.78, 5) is 11.2. The molecule has 0 spiro atoms. The maximum atomic E-state index is 11.7. The van der Waals surface area contributed by atoms with Crippen LogP contribution in [0.2, 0.25) is 0 Å². The molecule has 0 aliphatic heterocycles. The van der Waals surface area contributed by atoms with E-state index in [4.69, 9.17) is 11.0 Å². The largest absolute Gasteiger partial charge is 0.399 e. The Bertz CT molecular complexity index is 543. The highest BCUT2D eigenvalue weighted by Gasteiger charge is 2.18. The number of nitrogen functional groups attached to an aromatic ring is 1. The molecule has 0 fully saturated rings. The van der Waals surface area contributed by atoms with Crippen molar-refractivity contribution in [2.75, 3.05) is 18.0 Å². The molecule has 0 bridgehead atoms. The van der Waals surface area contributed by atoms with Crippen LogP contribution in [0.5, 0.6) is 0 Å². The molecule has 1 aromatic rings. The molecule has 90 valence electrons. The Kier molecular flexibility index (Phi) is 4.06. The van der Waals surface area contributed by atoms with Crippen molar-refractivity contribution in [2.45, 2.75) is 4.90 Å². The van der Waals surface area contributed by atoms with E-state index in [-0.39, 0.29) is 11.4 Å². The van der Waals surface area contributed by atoms with Crippen LogP contribution in [0.4, 0.5) is 5.69 Å². The monoisotopic (exact) mass is 253 g/mol. The summed E-state index contributed by atoms with van der Waals surface area (Å²) in [7, 11) is -3.68. The summed E-state index contributed by atoms with van der Waals surface area (Å²) >= 11 is 0. The standard InChI is InChI=1S/C10H11N3O3S/c11-5-6-13-10(14)7-17(15,16)9-3-1-8(12)2-4-9/h1-4H,6-7,12H2,(H,13,14). The first-order valence-corrected chi connectivity index (χ1v) is 6.33. The van der Waals surface area contributed by atoms with Crippen molar-refractivity contribution in [2.24, 2.45) is 0 Å². The van der Waals surface area contributed by atoms with Gasteiger partial charge in [-0.25, -0.2) is 8.42 Å². The highest BCUT2D eigenvalue weighted by atomic mass is 32.2. The second kappa shape index (κ2) is 5.32. The van der Waals surface area contributed by atoms with Gasteiger partial charge in [0, 0.05) is 5.69 Å². The Morgan fingerprint density at radius 2 is 1.94 bits per heavy atom. The van der Waals surface area contributed by atoms with Crippen LogP contribution in [-0.2, 0) is 14.6 Å². The van der Waals surface area contributed by atoms with E-state index in [1.165, 1.54) is 24.3 Å². The summed E-state index contributed by atoms with van der Waals surface area (Å²) in [6.45, 7) is -0.212. The van der Waals surface area contributed by atoms with Gasteiger partial charge in [0.15, 0.2) is 9.84 Å². The normalized spacial score (nSPS) is 10.5. The van der Waals surface area contributed by atoms with Crippen LogP contribution in [0.3, 0.4) is 0 Å². The molecular formula is C10H11N3O3S. The Hall–Kier alpha value is -2.07. The number of sulfone groups is 1. The van der Waals surface area contributed by atoms with Crippen molar-refractivity contribution in [3.8, 4) is 6.07 Å². The lowest BCUT2D eigenvalue weighted by molar-refractivity contribution is -0.118. The number of hydrogen-bond acceptors (Lipinski definition) is 5. The Labute approximate surface area is 99.0 Å². The molecule has 0 radical (unpaired) electrons. The molecule has 0 atom stereocenters. The quantitative estimate of drug-likeness (QED) is 0.564. The highest BCUT2D eigenvalue weighted by molar-refractivity contribution is 7.92. The maximum absolute atomic E-state index is 11.7. The molecule has 0 unspecified atom stereocenters. The fraction of sp³-hybridized carbons (Fsp3) is 0.200.